The van der Waals surface area contributed by atoms with Crippen molar-refractivity contribution in [2.75, 3.05) is 13.7 Å². The minimum absolute atomic E-state index is 0.0385. The molecular formula is C18H20ClN3O2S. The summed E-state index contributed by atoms with van der Waals surface area (Å²) in [6, 6.07) is 9.58. The zero-order valence-electron chi connectivity index (χ0n) is 14.4. The van der Waals surface area contributed by atoms with E-state index in [4.69, 9.17) is 16.3 Å². The van der Waals surface area contributed by atoms with E-state index in [-0.39, 0.29) is 11.9 Å². The van der Waals surface area contributed by atoms with Gasteiger partial charge in [-0.25, -0.2) is 0 Å². The summed E-state index contributed by atoms with van der Waals surface area (Å²) in [7, 11) is 1.62. The number of carbonyl (C=O) groups is 1. The lowest BCUT2D eigenvalue weighted by atomic mass is 10.2. The first-order valence-electron chi connectivity index (χ1n) is 7.99. The van der Waals surface area contributed by atoms with E-state index in [0.717, 1.165) is 21.5 Å². The third-order valence-corrected chi connectivity index (χ3v) is 5.42. The Labute approximate surface area is 155 Å². The number of fused-ring (bicyclic) bond motifs is 1. The second-order valence-corrected chi connectivity index (χ2v) is 7.43. The number of amides is 1. The van der Waals surface area contributed by atoms with Crippen molar-refractivity contribution in [3.8, 4) is 0 Å². The van der Waals surface area contributed by atoms with E-state index in [2.05, 4.69) is 10.4 Å². The summed E-state index contributed by atoms with van der Waals surface area (Å²) in [5, 5.41) is 9.25. The Morgan fingerprint density at radius 2 is 2.20 bits per heavy atom. The fourth-order valence-corrected chi connectivity index (χ4v) is 3.97. The van der Waals surface area contributed by atoms with Gasteiger partial charge in [0, 0.05) is 23.6 Å². The van der Waals surface area contributed by atoms with E-state index < -0.39 is 0 Å². The van der Waals surface area contributed by atoms with Gasteiger partial charge in [0.05, 0.1) is 23.7 Å². The molecule has 0 unspecified atom stereocenters. The Hall–Kier alpha value is -1.89. The largest absolute Gasteiger partial charge is 0.383 e. The molecule has 3 aromatic rings. The van der Waals surface area contributed by atoms with Crippen LogP contribution in [0.15, 0.2) is 30.3 Å². The standard InChI is InChI=1S/C18H20ClN3O2S/c1-11(10-24-3)20-17(23)16-8-14-12(2)21-22(18(14)25-16)9-13-6-4-5-7-15(13)19/h4-8,11H,9-10H2,1-3H3,(H,20,23)/t11-/m1/s1. The minimum Gasteiger partial charge on any atom is -0.383 e. The zero-order valence-corrected chi connectivity index (χ0v) is 15.9. The van der Waals surface area contributed by atoms with Crippen molar-refractivity contribution in [3.05, 3.63) is 51.5 Å². The summed E-state index contributed by atoms with van der Waals surface area (Å²) < 4.78 is 6.97. The van der Waals surface area contributed by atoms with E-state index in [1.807, 2.05) is 48.9 Å². The van der Waals surface area contributed by atoms with Gasteiger partial charge in [0.25, 0.3) is 5.91 Å². The molecule has 0 spiro atoms. The number of nitrogens with one attached hydrogen (secondary N) is 1. The topological polar surface area (TPSA) is 56.1 Å². The number of hydrogen-bond acceptors (Lipinski definition) is 4. The first-order valence-corrected chi connectivity index (χ1v) is 9.19. The smallest absolute Gasteiger partial charge is 0.261 e. The maximum atomic E-state index is 12.4. The van der Waals surface area contributed by atoms with E-state index in [9.17, 15) is 4.79 Å². The molecule has 2 heterocycles. The van der Waals surface area contributed by atoms with Crippen molar-refractivity contribution in [1.29, 1.82) is 0 Å². The Kier molecular flexibility index (Phi) is 5.42. The second-order valence-electron chi connectivity index (χ2n) is 5.99. The molecule has 0 saturated carbocycles. The molecule has 1 atom stereocenters. The molecule has 5 nitrogen and oxygen atoms in total. The molecule has 132 valence electrons. The molecule has 1 aromatic carbocycles. The minimum atomic E-state index is -0.0885. The van der Waals surface area contributed by atoms with E-state index >= 15 is 0 Å². The summed E-state index contributed by atoms with van der Waals surface area (Å²) in [4.78, 5) is 14.1. The van der Waals surface area contributed by atoms with Gasteiger partial charge in [-0.1, -0.05) is 29.8 Å². The van der Waals surface area contributed by atoms with Gasteiger partial charge in [-0.3, -0.25) is 9.48 Å². The molecule has 7 heteroatoms. The first-order chi connectivity index (χ1) is 12.0. The predicted molar refractivity (Wildman–Crippen MR) is 102 cm³/mol. The van der Waals surface area contributed by atoms with E-state index in [0.29, 0.717) is 23.1 Å². The summed E-state index contributed by atoms with van der Waals surface area (Å²) in [5.41, 5.74) is 1.91. The van der Waals surface area contributed by atoms with Crippen LogP contribution in [0, 0.1) is 6.92 Å². The lowest BCUT2D eigenvalue weighted by molar-refractivity contribution is 0.0909. The molecule has 0 aliphatic heterocycles. The van der Waals surface area contributed by atoms with Crippen LogP contribution in [0.4, 0.5) is 0 Å². The van der Waals surface area contributed by atoms with Crippen molar-refractivity contribution in [3.63, 3.8) is 0 Å². The van der Waals surface area contributed by atoms with Gasteiger partial charge in [0.2, 0.25) is 0 Å². The van der Waals surface area contributed by atoms with Gasteiger partial charge in [0.15, 0.2) is 0 Å². The highest BCUT2D eigenvalue weighted by molar-refractivity contribution is 7.20. The number of carbonyl (C=O) groups excluding carboxylic acids is 1. The summed E-state index contributed by atoms with van der Waals surface area (Å²) >= 11 is 7.70. The Morgan fingerprint density at radius 3 is 2.92 bits per heavy atom. The predicted octanol–water partition coefficient (Wildman–Crippen LogP) is 3.87. The van der Waals surface area contributed by atoms with Crippen molar-refractivity contribution in [2.45, 2.75) is 26.4 Å². The SMILES string of the molecule is COC[C@@H](C)NC(=O)c1cc2c(C)nn(Cc3ccccc3Cl)c2s1. The number of aryl methyl sites for hydroxylation is 1. The van der Waals surface area contributed by atoms with Gasteiger partial charge in [-0.2, -0.15) is 5.10 Å². The van der Waals surface area contributed by atoms with Crippen molar-refractivity contribution in [2.24, 2.45) is 0 Å². The number of rotatable bonds is 6. The molecule has 0 aliphatic carbocycles. The Morgan fingerprint density at radius 1 is 1.44 bits per heavy atom. The molecule has 1 amide bonds. The van der Waals surface area contributed by atoms with Gasteiger partial charge < -0.3 is 10.1 Å². The number of methoxy groups -OCH3 is 1. The van der Waals surface area contributed by atoms with Gasteiger partial charge in [-0.05, 0) is 31.5 Å². The fourth-order valence-electron chi connectivity index (χ4n) is 2.71. The number of thiophene rings is 1. The molecule has 0 saturated heterocycles. The second kappa shape index (κ2) is 7.56. The maximum absolute atomic E-state index is 12.4. The van der Waals surface area contributed by atoms with Crippen LogP contribution in [-0.2, 0) is 11.3 Å². The zero-order chi connectivity index (χ0) is 18.0. The van der Waals surface area contributed by atoms with Crippen LogP contribution in [0.2, 0.25) is 5.02 Å². The van der Waals surface area contributed by atoms with E-state index in [1.54, 1.807) is 7.11 Å². The van der Waals surface area contributed by atoms with Gasteiger partial charge in [-0.15, -0.1) is 11.3 Å². The number of benzene rings is 1. The molecule has 1 N–H and O–H groups in total. The van der Waals surface area contributed by atoms with Crippen LogP contribution in [0.25, 0.3) is 10.2 Å². The quantitative estimate of drug-likeness (QED) is 0.709. The maximum Gasteiger partial charge on any atom is 0.261 e. The van der Waals surface area contributed by atoms with Crippen molar-refractivity contribution < 1.29 is 9.53 Å². The van der Waals surface area contributed by atoms with Crippen LogP contribution in [0.1, 0.15) is 27.9 Å². The highest BCUT2D eigenvalue weighted by atomic mass is 35.5. The molecule has 25 heavy (non-hydrogen) atoms. The van der Waals surface area contributed by atoms with Gasteiger partial charge >= 0.3 is 0 Å². The average Bonchev–Trinajstić information content (AvgIpc) is 3.12. The summed E-state index contributed by atoms with van der Waals surface area (Å²) in [6.45, 7) is 4.92. The van der Waals surface area contributed by atoms with Crippen molar-refractivity contribution >= 4 is 39.1 Å². The van der Waals surface area contributed by atoms with Crippen LogP contribution in [-0.4, -0.2) is 35.4 Å². The molecule has 0 bridgehead atoms. The summed E-state index contributed by atoms with van der Waals surface area (Å²) in [5.74, 6) is -0.0885. The number of nitrogens with zero attached hydrogens (tertiary/aromatic N) is 2. The highest BCUT2D eigenvalue weighted by Crippen LogP contribution is 2.29. The molecular weight excluding hydrogens is 358 g/mol. The Balaban J connectivity index is 1.88. The monoisotopic (exact) mass is 377 g/mol. The number of halogens is 1. The molecule has 0 aliphatic rings. The van der Waals surface area contributed by atoms with Crippen LogP contribution in [0.5, 0.6) is 0 Å². The molecule has 3 rings (SSSR count). The lowest BCUT2D eigenvalue weighted by Gasteiger charge is -2.11. The molecule has 0 radical (unpaired) electrons. The molecule has 2 aromatic heterocycles. The van der Waals surface area contributed by atoms with Gasteiger partial charge in [0.1, 0.15) is 4.83 Å². The number of hydrogen-bond donors (Lipinski definition) is 1. The highest BCUT2D eigenvalue weighted by Gasteiger charge is 2.18. The normalized spacial score (nSPS) is 12.5. The summed E-state index contributed by atoms with van der Waals surface area (Å²) in [6.07, 6.45) is 0. The average molecular weight is 378 g/mol. The van der Waals surface area contributed by atoms with Crippen LogP contribution >= 0.6 is 22.9 Å². The van der Waals surface area contributed by atoms with Crippen molar-refractivity contribution in [1.82, 2.24) is 15.1 Å². The fraction of sp³-hybridized carbons (Fsp3) is 0.333. The number of aromatic nitrogens is 2. The third-order valence-electron chi connectivity index (χ3n) is 3.90. The number of ether oxygens (including phenoxy) is 1. The molecule has 0 fully saturated rings. The van der Waals surface area contributed by atoms with E-state index in [1.165, 1.54) is 11.3 Å². The first kappa shape index (κ1) is 17.9. The van der Waals surface area contributed by atoms with Crippen LogP contribution in [0.3, 0.4) is 0 Å². The van der Waals surface area contributed by atoms with Crippen LogP contribution < -0.4 is 5.32 Å². The lowest BCUT2D eigenvalue weighted by Crippen LogP contribution is -2.35. The third kappa shape index (κ3) is 3.86. The Bertz CT molecular complexity index is 903.